The van der Waals surface area contributed by atoms with Crippen molar-refractivity contribution >= 4 is 27.3 Å². The summed E-state index contributed by atoms with van der Waals surface area (Å²) in [6.07, 6.45) is 0.579. The molecular formula is C17H22N2O5S. The summed E-state index contributed by atoms with van der Waals surface area (Å²) in [6, 6.07) is 6.85. The van der Waals surface area contributed by atoms with Crippen LogP contribution < -0.4 is 15.0 Å². The fourth-order valence-corrected chi connectivity index (χ4v) is 4.92. The van der Waals surface area contributed by atoms with Gasteiger partial charge in [0.05, 0.1) is 24.0 Å². The Kier molecular flexibility index (Phi) is 4.99. The number of carbonyl (C=O) groups is 2. The molecule has 2 atom stereocenters. The Hall–Kier alpha value is -2.09. The number of anilines is 1. The third-order valence-electron chi connectivity index (χ3n) is 4.53. The van der Waals surface area contributed by atoms with E-state index in [2.05, 4.69) is 5.32 Å². The molecule has 1 aromatic carbocycles. The third-order valence-corrected chi connectivity index (χ3v) is 6.30. The monoisotopic (exact) mass is 366 g/mol. The van der Waals surface area contributed by atoms with E-state index in [1.807, 2.05) is 6.92 Å². The van der Waals surface area contributed by atoms with E-state index in [1.54, 1.807) is 29.2 Å². The van der Waals surface area contributed by atoms with Gasteiger partial charge in [-0.1, -0.05) is 0 Å². The Labute approximate surface area is 147 Å². The molecule has 3 rings (SSSR count). The molecule has 2 aliphatic rings. The molecular weight excluding hydrogens is 344 g/mol. The number of nitrogens with zero attached hydrogens (tertiary/aromatic N) is 1. The number of sulfone groups is 1. The highest BCUT2D eigenvalue weighted by atomic mass is 32.2. The zero-order valence-electron chi connectivity index (χ0n) is 14.1. The number of amides is 2. The minimum absolute atomic E-state index is 0.0119. The van der Waals surface area contributed by atoms with E-state index in [1.165, 1.54) is 0 Å². The van der Waals surface area contributed by atoms with E-state index in [9.17, 15) is 18.0 Å². The Morgan fingerprint density at radius 2 is 2.04 bits per heavy atom. The number of nitrogens with one attached hydrogen (secondary N) is 1. The van der Waals surface area contributed by atoms with Crippen LogP contribution in [0.25, 0.3) is 0 Å². The van der Waals surface area contributed by atoms with Crippen molar-refractivity contribution in [2.45, 2.75) is 25.8 Å². The van der Waals surface area contributed by atoms with Crippen LogP contribution in [0.2, 0.25) is 0 Å². The normalized spacial score (nSPS) is 25.2. The lowest BCUT2D eigenvalue weighted by atomic mass is 10.1. The highest BCUT2D eigenvalue weighted by molar-refractivity contribution is 7.91. The smallest absolute Gasteiger partial charge is 0.227 e. The first kappa shape index (κ1) is 17.7. The van der Waals surface area contributed by atoms with E-state index < -0.39 is 15.8 Å². The van der Waals surface area contributed by atoms with Gasteiger partial charge < -0.3 is 15.0 Å². The second-order valence-corrected chi connectivity index (χ2v) is 8.67. The van der Waals surface area contributed by atoms with Gasteiger partial charge in [0.25, 0.3) is 0 Å². The van der Waals surface area contributed by atoms with Crippen LogP contribution in [-0.2, 0) is 19.4 Å². The van der Waals surface area contributed by atoms with E-state index in [0.29, 0.717) is 19.6 Å². The first-order valence-electron chi connectivity index (χ1n) is 8.42. The molecule has 2 aliphatic heterocycles. The molecule has 2 fully saturated rings. The van der Waals surface area contributed by atoms with Crippen LogP contribution in [0.5, 0.6) is 5.75 Å². The standard InChI is InChI=1S/C17H22N2O5S/c1-2-24-15-5-3-14(4-6-15)19-10-12(9-16(19)20)17(21)18-13-7-8-25(22,23)11-13/h3-6,12-13H,2,7-11H2,1H3,(H,18,21). The lowest BCUT2D eigenvalue weighted by molar-refractivity contribution is -0.126. The van der Waals surface area contributed by atoms with Gasteiger partial charge in [-0.25, -0.2) is 8.42 Å². The molecule has 7 nitrogen and oxygen atoms in total. The van der Waals surface area contributed by atoms with Crippen molar-refractivity contribution in [3.63, 3.8) is 0 Å². The van der Waals surface area contributed by atoms with Crippen molar-refractivity contribution in [2.75, 3.05) is 29.6 Å². The molecule has 136 valence electrons. The predicted molar refractivity (Wildman–Crippen MR) is 93.3 cm³/mol. The topological polar surface area (TPSA) is 92.8 Å². The maximum absolute atomic E-state index is 12.4. The lowest BCUT2D eigenvalue weighted by Gasteiger charge is -2.18. The number of hydrogen-bond donors (Lipinski definition) is 1. The first-order valence-corrected chi connectivity index (χ1v) is 10.2. The predicted octanol–water partition coefficient (Wildman–Crippen LogP) is 0.742. The SMILES string of the molecule is CCOc1ccc(N2CC(C(=O)NC3CCS(=O)(=O)C3)CC2=O)cc1. The molecule has 2 saturated heterocycles. The number of hydrogen-bond acceptors (Lipinski definition) is 5. The van der Waals surface area contributed by atoms with Gasteiger partial charge in [0.15, 0.2) is 9.84 Å². The van der Waals surface area contributed by atoms with Crippen LogP contribution in [-0.4, -0.2) is 50.9 Å². The molecule has 25 heavy (non-hydrogen) atoms. The average molecular weight is 366 g/mol. The maximum atomic E-state index is 12.4. The largest absolute Gasteiger partial charge is 0.494 e. The summed E-state index contributed by atoms with van der Waals surface area (Å²) in [4.78, 5) is 26.2. The quantitative estimate of drug-likeness (QED) is 0.830. The summed E-state index contributed by atoms with van der Waals surface area (Å²) in [7, 11) is -3.04. The summed E-state index contributed by atoms with van der Waals surface area (Å²) in [5.74, 6) is 0.0197. The van der Waals surface area contributed by atoms with Gasteiger partial charge in [-0.05, 0) is 37.6 Å². The molecule has 8 heteroatoms. The minimum Gasteiger partial charge on any atom is -0.494 e. The number of rotatable bonds is 5. The van der Waals surface area contributed by atoms with Crippen molar-refractivity contribution in [3.8, 4) is 5.75 Å². The van der Waals surface area contributed by atoms with E-state index in [-0.39, 0.29) is 35.8 Å². The van der Waals surface area contributed by atoms with Gasteiger partial charge in [-0.2, -0.15) is 0 Å². The van der Waals surface area contributed by atoms with Crippen LogP contribution in [0.1, 0.15) is 19.8 Å². The van der Waals surface area contributed by atoms with E-state index >= 15 is 0 Å². The highest BCUT2D eigenvalue weighted by Gasteiger charge is 2.37. The maximum Gasteiger partial charge on any atom is 0.227 e. The summed E-state index contributed by atoms with van der Waals surface area (Å²) >= 11 is 0. The summed E-state index contributed by atoms with van der Waals surface area (Å²) < 4.78 is 28.4. The summed E-state index contributed by atoms with van der Waals surface area (Å²) in [5.41, 5.74) is 0.729. The third kappa shape index (κ3) is 4.12. The van der Waals surface area contributed by atoms with Crippen molar-refractivity contribution in [1.82, 2.24) is 5.32 Å². The van der Waals surface area contributed by atoms with Crippen molar-refractivity contribution < 1.29 is 22.7 Å². The molecule has 2 amide bonds. The van der Waals surface area contributed by atoms with Gasteiger partial charge in [-0.15, -0.1) is 0 Å². The van der Waals surface area contributed by atoms with Crippen molar-refractivity contribution in [2.24, 2.45) is 5.92 Å². The molecule has 0 aliphatic carbocycles. The van der Waals surface area contributed by atoms with Crippen molar-refractivity contribution in [1.29, 1.82) is 0 Å². The zero-order valence-corrected chi connectivity index (χ0v) is 14.9. The van der Waals surface area contributed by atoms with Gasteiger partial charge in [-0.3, -0.25) is 9.59 Å². The van der Waals surface area contributed by atoms with Crippen LogP contribution in [0.3, 0.4) is 0 Å². The molecule has 2 heterocycles. The van der Waals surface area contributed by atoms with Gasteiger partial charge >= 0.3 is 0 Å². The molecule has 1 aromatic rings. The Bertz CT molecular complexity index is 760. The minimum atomic E-state index is -3.04. The second kappa shape index (κ2) is 7.03. The first-order chi connectivity index (χ1) is 11.9. The Morgan fingerprint density at radius 3 is 2.64 bits per heavy atom. The van der Waals surface area contributed by atoms with Gasteiger partial charge in [0, 0.05) is 24.7 Å². The Balaban J connectivity index is 1.61. The fraction of sp³-hybridized carbons (Fsp3) is 0.529. The van der Waals surface area contributed by atoms with Crippen LogP contribution in [0.4, 0.5) is 5.69 Å². The van der Waals surface area contributed by atoms with E-state index in [0.717, 1.165) is 11.4 Å². The molecule has 1 N–H and O–H groups in total. The lowest BCUT2D eigenvalue weighted by Crippen LogP contribution is -2.40. The highest BCUT2D eigenvalue weighted by Crippen LogP contribution is 2.27. The Morgan fingerprint density at radius 1 is 1.32 bits per heavy atom. The molecule has 2 unspecified atom stereocenters. The molecule has 0 spiro atoms. The number of benzene rings is 1. The molecule has 0 saturated carbocycles. The average Bonchev–Trinajstić information content (AvgIpc) is 3.11. The van der Waals surface area contributed by atoms with Crippen LogP contribution in [0.15, 0.2) is 24.3 Å². The molecule has 0 aromatic heterocycles. The second-order valence-electron chi connectivity index (χ2n) is 6.44. The van der Waals surface area contributed by atoms with Crippen molar-refractivity contribution in [3.05, 3.63) is 24.3 Å². The summed E-state index contributed by atoms with van der Waals surface area (Å²) in [6.45, 7) is 2.77. The molecule has 0 bridgehead atoms. The number of carbonyl (C=O) groups excluding carboxylic acids is 2. The number of ether oxygens (including phenoxy) is 1. The van der Waals surface area contributed by atoms with E-state index in [4.69, 9.17) is 4.74 Å². The fourth-order valence-electron chi connectivity index (χ4n) is 3.25. The van der Waals surface area contributed by atoms with Gasteiger partial charge in [0.1, 0.15) is 5.75 Å². The zero-order chi connectivity index (χ0) is 18.0. The van der Waals surface area contributed by atoms with Gasteiger partial charge in [0.2, 0.25) is 11.8 Å². The van der Waals surface area contributed by atoms with Crippen LogP contribution >= 0.6 is 0 Å². The molecule has 0 radical (unpaired) electrons. The summed E-state index contributed by atoms with van der Waals surface area (Å²) in [5, 5.41) is 2.78. The van der Waals surface area contributed by atoms with Crippen LogP contribution in [0, 0.1) is 5.92 Å².